The van der Waals surface area contributed by atoms with Crippen molar-refractivity contribution in [3.63, 3.8) is 0 Å². The van der Waals surface area contributed by atoms with Gasteiger partial charge in [0, 0.05) is 14.7 Å². The maximum atomic E-state index is 14.3. The molecule has 132 valence electrons. The summed E-state index contributed by atoms with van der Waals surface area (Å²) >= 11 is 14.5. The van der Waals surface area contributed by atoms with Crippen LogP contribution >= 0.6 is 39.1 Å². The largest absolute Gasteiger partial charge is 0.361 e. The lowest BCUT2D eigenvalue weighted by Gasteiger charge is -2.16. The first-order valence-corrected chi connectivity index (χ1v) is 12.3. The number of hydrogen-bond acceptors (Lipinski definition) is 3. The first-order valence-electron chi connectivity index (χ1n) is 7.04. The van der Waals surface area contributed by atoms with E-state index in [0.29, 0.717) is 6.61 Å². The minimum atomic E-state index is -1.29. The van der Waals surface area contributed by atoms with E-state index >= 15 is 0 Å². The van der Waals surface area contributed by atoms with Gasteiger partial charge in [0.05, 0.1) is 9.50 Å². The third-order valence-corrected chi connectivity index (χ3v) is 6.67. The Bertz CT molecular complexity index is 856. The molecule has 1 aromatic carbocycles. The molecule has 0 amide bonds. The molecular formula is C14H15BrCl2F2N2O2Si. The Morgan fingerprint density at radius 2 is 1.88 bits per heavy atom. The molecule has 1 aromatic heterocycles. The number of benzene rings is 1. The third kappa shape index (κ3) is 3.99. The van der Waals surface area contributed by atoms with Crippen LogP contribution < -0.4 is 5.56 Å². The normalized spacial score (nSPS) is 12.2. The van der Waals surface area contributed by atoms with Crippen LogP contribution in [-0.2, 0) is 11.5 Å². The highest BCUT2D eigenvalue weighted by molar-refractivity contribution is 9.10. The summed E-state index contributed by atoms with van der Waals surface area (Å²) in [5, 5.41) is -1.36. The summed E-state index contributed by atoms with van der Waals surface area (Å²) in [6.07, 6.45) is 0. The Balaban J connectivity index is 2.45. The van der Waals surface area contributed by atoms with Crippen LogP contribution in [0.25, 0.3) is 10.9 Å². The lowest BCUT2D eigenvalue weighted by molar-refractivity contribution is 0.0846. The zero-order valence-electron chi connectivity index (χ0n) is 13.2. The molecule has 0 aliphatic carbocycles. The second-order valence-electron chi connectivity index (χ2n) is 6.44. The van der Waals surface area contributed by atoms with Gasteiger partial charge in [0.15, 0.2) is 11.6 Å². The summed E-state index contributed by atoms with van der Waals surface area (Å²) in [6, 6.07) is 0.891. The van der Waals surface area contributed by atoms with Crippen LogP contribution in [0.2, 0.25) is 36.0 Å². The average Bonchev–Trinajstić information content (AvgIpc) is 2.48. The van der Waals surface area contributed by atoms with Crippen LogP contribution in [0.4, 0.5) is 8.78 Å². The topological polar surface area (TPSA) is 44.1 Å². The van der Waals surface area contributed by atoms with Gasteiger partial charge < -0.3 is 4.74 Å². The zero-order valence-corrected chi connectivity index (χ0v) is 17.3. The molecule has 10 heteroatoms. The fraction of sp³-hybridized carbons (Fsp3) is 0.429. The number of ether oxygens (including phenoxy) is 1. The Labute approximate surface area is 156 Å². The molecule has 4 nitrogen and oxygen atoms in total. The Morgan fingerprint density at radius 1 is 1.25 bits per heavy atom. The second kappa shape index (κ2) is 7.37. The second-order valence-corrected chi connectivity index (χ2v) is 13.6. The van der Waals surface area contributed by atoms with Gasteiger partial charge in [-0.15, -0.1) is 0 Å². The van der Waals surface area contributed by atoms with Crippen molar-refractivity contribution in [3.8, 4) is 0 Å². The molecule has 24 heavy (non-hydrogen) atoms. The number of fused-ring (bicyclic) bond motifs is 1. The number of rotatable bonds is 5. The molecule has 2 aromatic rings. The average molecular weight is 460 g/mol. The van der Waals surface area contributed by atoms with Gasteiger partial charge in [-0.3, -0.25) is 9.36 Å². The monoisotopic (exact) mass is 458 g/mol. The maximum absolute atomic E-state index is 14.3. The predicted molar refractivity (Wildman–Crippen MR) is 97.7 cm³/mol. The maximum Gasteiger partial charge on any atom is 0.267 e. The van der Waals surface area contributed by atoms with E-state index in [2.05, 4.69) is 40.6 Å². The summed E-state index contributed by atoms with van der Waals surface area (Å²) in [6.45, 7) is 6.80. The Hall–Kier alpha value is -0.543. The molecule has 0 saturated heterocycles. The smallest absolute Gasteiger partial charge is 0.267 e. The quantitative estimate of drug-likeness (QED) is 0.206. The molecule has 0 fully saturated rings. The molecular weight excluding hydrogens is 445 g/mol. The highest BCUT2D eigenvalue weighted by Gasteiger charge is 2.23. The van der Waals surface area contributed by atoms with E-state index in [0.717, 1.165) is 10.6 Å². The van der Waals surface area contributed by atoms with Crippen molar-refractivity contribution in [2.24, 2.45) is 0 Å². The molecule has 0 N–H and O–H groups in total. The summed E-state index contributed by atoms with van der Waals surface area (Å²) < 4.78 is 34.6. The van der Waals surface area contributed by atoms with E-state index in [-0.39, 0.29) is 16.5 Å². The molecule has 0 aliphatic heterocycles. The third-order valence-electron chi connectivity index (χ3n) is 3.34. The molecule has 0 aliphatic rings. The van der Waals surface area contributed by atoms with Gasteiger partial charge in [-0.25, -0.2) is 13.8 Å². The van der Waals surface area contributed by atoms with Crippen molar-refractivity contribution in [2.45, 2.75) is 32.4 Å². The lowest BCUT2D eigenvalue weighted by atomic mass is 10.2. The molecule has 0 atom stereocenters. The van der Waals surface area contributed by atoms with Crippen LogP contribution in [0.1, 0.15) is 0 Å². The van der Waals surface area contributed by atoms with E-state index in [1.54, 1.807) is 0 Å². The summed E-state index contributed by atoms with van der Waals surface area (Å²) in [5.74, 6) is -1.99. The Kier molecular flexibility index (Phi) is 6.07. The molecule has 2 rings (SSSR count). The van der Waals surface area contributed by atoms with E-state index in [9.17, 15) is 13.6 Å². The van der Waals surface area contributed by atoms with Gasteiger partial charge in [0.1, 0.15) is 17.6 Å². The number of nitrogens with zero attached hydrogens (tertiary/aromatic N) is 2. The van der Waals surface area contributed by atoms with Crippen LogP contribution in [0.5, 0.6) is 0 Å². The minimum absolute atomic E-state index is 0.195. The highest BCUT2D eigenvalue weighted by atomic mass is 79.9. The molecule has 0 spiro atoms. The van der Waals surface area contributed by atoms with Crippen molar-refractivity contribution < 1.29 is 13.5 Å². The molecule has 0 unspecified atom stereocenters. The van der Waals surface area contributed by atoms with Gasteiger partial charge >= 0.3 is 0 Å². The standard InChI is InChI=1S/C14H15BrCl2F2N2O2Si/c1-24(2,3)5-4-23-6-21-13(22)7-10(18)9(16)8(15)11(19)12(7)20-14(21)17/h4-6H2,1-3H3. The van der Waals surface area contributed by atoms with E-state index in [1.165, 1.54) is 0 Å². The van der Waals surface area contributed by atoms with Crippen molar-refractivity contribution in [2.75, 3.05) is 6.61 Å². The van der Waals surface area contributed by atoms with Crippen LogP contribution in [0, 0.1) is 11.6 Å². The summed E-state index contributed by atoms with van der Waals surface area (Å²) in [5.41, 5.74) is -1.32. The molecule has 0 radical (unpaired) electrons. The van der Waals surface area contributed by atoms with Gasteiger partial charge in [0.25, 0.3) is 5.56 Å². The van der Waals surface area contributed by atoms with Gasteiger partial charge in [-0.1, -0.05) is 31.2 Å². The number of halogens is 5. The zero-order chi connectivity index (χ0) is 18.2. The van der Waals surface area contributed by atoms with Crippen LogP contribution in [-0.4, -0.2) is 24.2 Å². The van der Waals surface area contributed by atoms with Gasteiger partial charge in [-0.2, -0.15) is 0 Å². The molecule has 1 heterocycles. The SMILES string of the molecule is C[Si](C)(C)CCOCn1c(Cl)nc2c(F)c(Br)c(Cl)c(F)c2c1=O. The fourth-order valence-electron chi connectivity index (χ4n) is 1.94. The molecule has 0 saturated carbocycles. The summed E-state index contributed by atoms with van der Waals surface area (Å²) in [4.78, 5) is 16.2. The van der Waals surface area contributed by atoms with Gasteiger partial charge in [0.2, 0.25) is 5.28 Å². The Morgan fingerprint density at radius 3 is 2.46 bits per heavy atom. The van der Waals surface area contributed by atoms with Crippen molar-refractivity contribution in [1.82, 2.24) is 9.55 Å². The van der Waals surface area contributed by atoms with E-state index in [4.69, 9.17) is 27.9 Å². The number of aromatic nitrogens is 2. The predicted octanol–water partition coefficient (Wildman–Crippen LogP) is 5.06. The highest BCUT2D eigenvalue weighted by Crippen LogP contribution is 2.33. The van der Waals surface area contributed by atoms with Crippen molar-refractivity contribution in [3.05, 3.63) is 36.8 Å². The van der Waals surface area contributed by atoms with Crippen LogP contribution in [0.3, 0.4) is 0 Å². The first-order chi connectivity index (χ1) is 11.0. The fourth-order valence-corrected chi connectivity index (χ4v) is 3.44. The van der Waals surface area contributed by atoms with Crippen molar-refractivity contribution in [1.29, 1.82) is 0 Å². The van der Waals surface area contributed by atoms with Crippen molar-refractivity contribution >= 4 is 58.1 Å². The minimum Gasteiger partial charge on any atom is -0.361 e. The van der Waals surface area contributed by atoms with Gasteiger partial charge in [-0.05, 0) is 33.6 Å². The summed E-state index contributed by atoms with van der Waals surface area (Å²) in [7, 11) is -1.29. The number of hydrogen-bond donors (Lipinski definition) is 0. The first kappa shape index (κ1) is 19.8. The van der Waals surface area contributed by atoms with E-state index in [1.807, 2.05) is 0 Å². The molecule has 0 bridgehead atoms. The van der Waals surface area contributed by atoms with Crippen LogP contribution in [0.15, 0.2) is 9.27 Å². The lowest BCUT2D eigenvalue weighted by Crippen LogP contribution is -2.26. The van der Waals surface area contributed by atoms with E-state index < -0.39 is 41.2 Å².